The van der Waals surface area contributed by atoms with Crippen molar-refractivity contribution in [3.05, 3.63) is 52.1 Å². The summed E-state index contributed by atoms with van der Waals surface area (Å²) >= 11 is 0. The maximum absolute atomic E-state index is 13.3. The number of alkyl halides is 2. The number of hydrogen-bond acceptors (Lipinski definition) is 4. The number of anilines is 1. The van der Waals surface area contributed by atoms with E-state index < -0.39 is 12.0 Å². The topological polar surface area (TPSA) is 81.8 Å². The molecule has 1 N–H and O–H groups in total. The number of aryl methyl sites for hydroxylation is 3. The second-order valence-electron chi connectivity index (χ2n) is 6.13. The van der Waals surface area contributed by atoms with Crippen LogP contribution in [0.1, 0.15) is 30.9 Å². The molecule has 9 heteroatoms. The van der Waals surface area contributed by atoms with Gasteiger partial charge in [-0.25, -0.2) is 13.8 Å². The second kappa shape index (κ2) is 7.65. The smallest absolute Gasteiger partial charge is 0.264 e. The minimum absolute atomic E-state index is 0.0162. The van der Waals surface area contributed by atoms with Gasteiger partial charge in [0.15, 0.2) is 5.65 Å². The Labute approximate surface area is 153 Å². The number of nitrogens with zero attached hydrogens (tertiary/aromatic N) is 4. The van der Waals surface area contributed by atoms with Gasteiger partial charge in [0.2, 0.25) is 5.91 Å². The summed E-state index contributed by atoms with van der Waals surface area (Å²) in [5.41, 5.74) is 0.145. The highest BCUT2D eigenvalue weighted by molar-refractivity contribution is 5.89. The summed E-state index contributed by atoms with van der Waals surface area (Å²) in [6.07, 6.45) is 0.278. The van der Waals surface area contributed by atoms with E-state index in [0.717, 1.165) is 11.6 Å². The van der Waals surface area contributed by atoms with E-state index in [1.807, 2.05) is 13.8 Å². The van der Waals surface area contributed by atoms with Crippen LogP contribution in [0.25, 0.3) is 11.0 Å². The van der Waals surface area contributed by atoms with Gasteiger partial charge in [-0.1, -0.05) is 0 Å². The van der Waals surface area contributed by atoms with Gasteiger partial charge in [-0.3, -0.25) is 18.8 Å². The molecule has 1 amide bonds. The molecule has 0 spiro atoms. The van der Waals surface area contributed by atoms with Gasteiger partial charge in [0.05, 0.1) is 0 Å². The fourth-order valence-corrected chi connectivity index (χ4v) is 2.79. The number of pyridine rings is 2. The van der Waals surface area contributed by atoms with Crippen LogP contribution in [0, 0.1) is 6.92 Å². The molecule has 3 aromatic rings. The predicted molar refractivity (Wildman–Crippen MR) is 96.8 cm³/mol. The van der Waals surface area contributed by atoms with Crippen LogP contribution < -0.4 is 10.9 Å². The highest BCUT2D eigenvalue weighted by Crippen LogP contribution is 2.25. The van der Waals surface area contributed by atoms with Gasteiger partial charge >= 0.3 is 0 Å². The Morgan fingerprint density at radius 1 is 1.33 bits per heavy atom. The quantitative estimate of drug-likeness (QED) is 0.718. The summed E-state index contributed by atoms with van der Waals surface area (Å²) < 4.78 is 29.2. The number of halogens is 2. The van der Waals surface area contributed by atoms with E-state index in [1.165, 1.54) is 15.4 Å². The van der Waals surface area contributed by atoms with Crippen molar-refractivity contribution in [2.75, 3.05) is 5.32 Å². The Morgan fingerprint density at radius 2 is 2.11 bits per heavy atom. The third-order valence-electron chi connectivity index (χ3n) is 4.16. The van der Waals surface area contributed by atoms with Crippen LogP contribution in [0.4, 0.5) is 14.6 Å². The molecule has 0 bridgehead atoms. The van der Waals surface area contributed by atoms with E-state index in [0.29, 0.717) is 12.4 Å². The Morgan fingerprint density at radius 3 is 2.78 bits per heavy atom. The van der Waals surface area contributed by atoms with Crippen LogP contribution in [-0.2, 0) is 17.9 Å². The molecular weight excluding hydrogens is 356 g/mol. The van der Waals surface area contributed by atoms with E-state index >= 15 is 0 Å². The van der Waals surface area contributed by atoms with Crippen LogP contribution >= 0.6 is 0 Å². The zero-order valence-corrected chi connectivity index (χ0v) is 14.9. The largest absolute Gasteiger partial charge is 0.311 e. The Balaban J connectivity index is 1.85. The van der Waals surface area contributed by atoms with Crippen molar-refractivity contribution in [2.24, 2.45) is 0 Å². The van der Waals surface area contributed by atoms with Gasteiger partial charge in [0, 0.05) is 48.9 Å². The summed E-state index contributed by atoms with van der Waals surface area (Å²) in [6, 6.07) is 4.44. The Bertz CT molecular complexity index is 1040. The first-order chi connectivity index (χ1) is 12.9. The first-order valence-corrected chi connectivity index (χ1v) is 8.50. The average Bonchev–Trinajstić information content (AvgIpc) is 3.04. The molecule has 3 rings (SSSR count). The lowest BCUT2D eigenvalue weighted by atomic mass is 10.2. The molecule has 7 nitrogen and oxygen atoms in total. The molecule has 142 valence electrons. The molecule has 0 radical (unpaired) electrons. The molecule has 0 saturated heterocycles. The normalized spacial score (nSPS) is 11.3. The van der Waals surface area contributed by atoms with Crippen molar-refractivity contribution < 1.29 is 13.6 Å². The fraction of sp³-hybridized carbons (Fsp3) is 0.333. The number of amides is 1. The minimum Gasteiger partial charge on any atom is -0.311 e. The second-order valence-corrected chi connectivity index (χ2v) is 6.13. The van der Waals surface area contributed by atoms with Crippen molar-refractivity contribution in [2.45, 2.75) is 39.8 Å². The van der Waals surface area contributed by atoms with E-state index in [4.69, 9.17) is 0 Å². The van der Waals surface area contributed by atoms with Crippen molar-refractivity contribution in [1.29, 1.82) is 0 Å². The van der Waals surface area contributed by atoms with Crippen LogP contribution in [0.15, 0.2) is 35.4 Å². The minimum atomic E-state index is -2.78. The van der Waals surface area contributed by atoms with Crippen LogP contribution in [0.5, 0.6) is 0 Å². The van der Waals surface area contributed by atoms with Crippen LogP contribution in [0.2, 0.25) is 0 Å². The lowest BCUT2D eigenvalue weighted by Gasteiger charge is -2.09. The first kappa shape index (κ1) is 18.7. The fourth-order valence-electron chi connectivity index (χ4n) is 2.79. The summed E-state index contributed by atoms with van der Waals surface area (Å²) in [6.45, 7) is 4.20. The molecule has 0 aromatic carbocycles. The monoisotopic (exact) mass is 375 g/mol. The van der Waals surface area contributed by atoms with Gasteiger partial charge in [0.25, 0.3) is 12.0 Å². The maximum Gasteiger partial charge on any atom is 0.264 e. The molecule has 0 saturated carbocycles. The molecule has 3 aromatic heterocycles. The molecule has 0 unspecified atom stereocenters. The third-order valence-corrected chi connectivity index (χ3v) is 4.16. The summed E-state index contributed by atoms with van der Waals surface area (Å²) in [5.74, 6) is 0.0850. The Kier molecular flexibility index (Phi) is 5.29. The van der Waals surface area contributed by atoms with Crippen LogP contribution in [0.3, 0.4) is 0 Å². The SMILES string of the molecule is CCn1cc2c(C(F)F)cc(=O)n(CCC(=O)Nc3cc(C)ccn3)c2n1. The van der Waals surface area contributed by atoms with E-state index in [-0.39, 0.29) is 35.5 Å². The van der Waals surface area contributed by atoms with E-state index in [9.17, 15) is 18.4 Å². The van der Waals surface area contributed by atoms with E-state index in [1.54, 1.807) is 18.3 Å². The zero-order chi connectivity index (χ0) is 19.6. The molecule has 0 aliphatic carbocycles. The third kappa shape index (κ3) is 4.02. The molecule has 0 aliphatic heterocycles. The Hall–Kier alpha value is -3.10. The summed E-state index contributed by atoms with van der Waals surface area (Å²) in [4.78, 5) is 28.5. The summed E-state index contributed by atoms with van der Waals surface area (Å²) in [7, 11) is 0. The zero-order valence-electron chi connectivity index (χ0n) is 14.9. The lowest BCUT2D eigenvalue weighted by molar-refractivity contribution is -0.116. The number of rotatable bonds is 6. The number of hydrogen-bond donors (Lipinski definition) is 1. The van der Waals surface area contributed by atoms with Crippen LogP contribution in [-0.4, -0.2) is 25.2 Å². The molecule has 27 heavy (non-hydrogen) atoms. The van der Waals surface area contributed by atoms with Crippen molar-refractivity contribution in [3.63, 3.8) is 0 Å². The lowest BCUT2D eigenvalue weighted by Crippen LogP contribution is -2.24. The van der Waals surface area contributed by atoms with Gasteiger partial charge < -0.3 is 5.32 Å². The highest BCUT2D eigenvalue weighted by Gasteiger charge is 2.19. The molecule has 0 fully saturated rings. The first-order valence-electron chi connectivity index (χ1n) is 8.50. The molecule has 3 heterocycles. The van der Waals surface area contributed by atoms with Crippen molar-refractivity contribution in [3.8, 4) is 0 Å². The van der Waals surface area contributed by atoms with Gasteiger partial charge in [-0.2, -0.15) is 5.10 Å². The number of carbonyl (C=O) groups is 1. The average molecular weight is 375 g/mol. The molecule has 0 aliphatic rings. The molecular formula is C18H19F2N5O2. The van der Waals surface area contributed by atoms with Crippen molar-refractivity contribution in [1.82, 2.24) is 19.3 Å². The van der Waals surface area contributed by atoms with E-state index in [2.05, 4.69) is 15.4 Å². The highest BCUT2D eigenvalue weighted by atomic mass is 19.3. The van der Waals surface area contributed by atoms with Gasteiger partial charge in [0.1, 0.15) is 5.82 Å². The van der Waals surface area contributed by atoms with Gasteiger partial charge in [-0.05, 0) is 31.5 Å². The maximum atomic E-state index is 13.3. The van der Waals surface area contributed by atoms with Crippen molar-refractivity contribution >= 4 is 22.8 Å². The number of fused-ring (bicyclic) bond motifs is 1. The molecule has 0 atom stereocenters. The van der Waals surface area contributed by atoms with Gasteiger partial charge in [-0.15, -0.1) is 0 Å². The number of carbonyl (C=O) groups excluding carboxylic acids is 1. The number of nitrogens with one attached hydrogen (secondary N) is 1. The standard InChI is InChI=1S/C18H19F2N5O2/c1-3-24-10-13-12(17(19)20)9-16(27)25(18(13)23-24)7-5-15(26)22-14-8-11(2)4-6-21-14/h4,6,8-10,17H,3,5,7H2,1-2H3,(H,21,22,26). The number of aromatic nitrogens is 4. The predicted octanol–water partition coefficient (Wildman–Crippen LogP) is 2.89. The summed E-state index contributed by atoms with van der Waals surface area (Å²) in [5, 5.41) is 7.08.